The van der Waals surface area contributed by atoms with Crippen LogP contribution in [0.4, 0.5) is 0 Å². The van der Waals surface area contributed by atoms with E-state index in [4.69, 9.17) is 33.4 Å². The second-order valence-electron chi connectivity index (χ2n) is 5.31. The van der Waals surface area contributed by atoms with Gasteiger partial charge < -0.3 is 4.98 Å². The van der Waals surface area contributed by atoms with Crippen LogP contribution in [-0.2, 0) is 0 Å². The fourth-order valence-corrected chi connectivity index (χ4v) is 3.99. The third-order valence-electron chi connectivity index (χ3n) is 3.65. The number of pyridine rings is 1. The fraction of sp³-hybridized carbons (Fsp3) is 0. The maximum absolute atomic E-state index is 9.07. The molecule has 4 aromatic rings. The van der Waals surface area contributed by atoms with Gasteiger partial charge in [0, 0.05) is 28.5 Å². The average molecular weight is 398 g/mol. The number of nitrogens with one attached hydrogen (secondary N) is 1. The van der Waals surface area contributed by atoms with Crippen LogP contribution in [0, 0.1) is 11.3 Å². The molecule has 0 amide bonds. The first-order valence-electron chi connectivity index (χ1n) is 7.48. The van der Waals surface area contributed by atoms with E-state index in [0.29, 0.717) is 27.3 Å². The summed E-state index contributed by atoms with van der Waals surface area (Å²) in [6.07, 6.45) is 4.92. The first-order chi connectivity index (χ1) is 12.7. The SMILES string of the molecule is N#Cc1cnc(-c2sc(-c3ccncc3)nc2-c2ccc(Cl)cc2Cl)[nH]1. The molecular weight excluding hydrogens is 389 g/mol. The summed E-state index contributed by atoms with van der Waals surface area (Å²) in [6, 6.07) is 11.1. The Morgan fingerprint density at radius 1 is 1.12 bits per heavy atom. The molecule has 0 atom stereocenters. The highest BCUT2D eigenvalue weighted by molar-refractivity contribution is 7.18. The monoisotopic (exact) mass is 397 g/mol. The lowest BCUT2D eigenvalue weighted by Gasteiger charge is -2.03. The summed E-state index contributed by atoms with van der Waals surface area (Å²) >= 11 is 13.9. The molecule has 0 saturated carbocycles. The van der Waals surface area contributed by atoms with Crippen LogP contribution >= 0.6 is 34.5 Å². The number of nitrogens with zero attached hydrogens (tertiary/aromatic N) is 4. The fourth-order valence-electron chi connectivity index (χ4n) is 2.46. The molecular formula is C18H9Cl2N5S. The van der Waals surface area contributed by atoms with Gasteiger partial charge in [-0.3, -0.25) is 4.98 Å². The number of hydrogen-bond donors (Lipinski definition) is 1. The Bertz CT molecular complexity index is 1130. The van der Waals surface area contributed by atoms with Crippen LogP contribution in [0.3, 0.4) is 0 Å². The molecule has 3 aromatic heterocycles. The van der Waals surface area contributed by atoms with Crippen molar-refractivity contribution >= 4 is 34.5 Å². The highest BCUT2D eigenvalue weighted by Crippen LogP contribution is 2.42. The zero-order valence-electron chi connectivity index (χ0n) is 13.1. The molecule has 0 bridgehead atoms. The molecule has 0 unspecified atom stereocenters. The summed E-state index contributed by atoms with van der Waals surface area (Å²) in [5.74, 6) is 0.570. The lowest BCUT2D eigenvalue weighted by atomic mass is 10.1. The van der Waals surface area contributed by atoms with Crippen molar-refractivity contribution in [2.45, 2.75) is 0 Å². The van der Waals surface area contributed by atoms with Crippen molar-refractivity contribution in [1.82, 2.24) is 19.9 Å². The number of aromatic amines is 1. The third-order valence-corrected chi connectivity index (χ3v) is 5.31. The predicted octanol–water partition coefficient (Wildman–Crippen LogP) is 5.44. The van der Waals surface area contributed by atoms with E-state index in [-0.39, 0.29) is 0 Å². The van der Waals surface area contributed by atoms with Gasteiger partial charge in [0.05, 0.1) is 21.8 Å². The zero-order chi connectivity index (χ0) is 18.1. The summed E-state index contributed by atoms with van der Waals surface area (Å²) in [4.78, 5) is 16.9. The number of aromatic nitrogens is 4. The highest BCUT2D eigenvalue weighted by atomic mass is 35.5. The van der Waals surface area contributed by atoms with E-state index in [1.807, 2.05) is 24.3 Å². The molecule has 4 rings (SSSR count). The van der Waals surface area contributed by atoms with Crippen LogP contribution in [0.2, 0.25) is 10.0 Å². The molecule has 5 nitrogen and oxygen atoms in total. The molecule has 1 N–H and O–H groups in total. The van der Waals surface area contributed by atoms with Crippen molar-refractivity contribution in [2.24, 2.45) is 0 Å². The lowest BCUT2D eigenvalue weighted by molar-refractivity contribution is 1.29. The van der Waals surface area contributed by atoms with E-state index in [1.165, 1.54) is 17.5 Å². The molecule has 0 fully saturated rings. The number of nitriles is 1. The summed E-state index contributed by atoms with van der Waals surface area (Å²) in [5.41, 5.74) is 2.75. The normalized spacial score (nSPS) is 10.7. The van der Waals surface area contributed by atoms with Gasteiger partial charge in [0.1, 0.15) is 16.8 Å². The summed E-state index contributed by atoms with van der Waals surface area (Å²) in [5, 5.41) is 10.9. The molecule has 0 aliphatic heterocycles. The number of H-pyrrole nitrogens is 1. The Morgan fingerprint density at radius 3 is 2.62 bits per heavy atom. The molecule has 3 heterocycles. The lowest BCUT2D eigenvalue weighted by Crippen LogP contribution is -1.86. The smallest absolute Gasteiger partial charge is 0.150 e. The standard InChI is InChI=1S/C18H9Cl2N5S/c19-11-1-2-13(14(20)7-11)15-16(17-23-9-12(8-21)24-17)26-18(25-15)10-3-5-22-6-4-10/h1-7,9H,(H,23,24). The van der Waals surface area contributed by atoms with Gasteiger partial charge in [0.2, 0.25) is 0 Å². The van der Waals surface area contributed by atoms with E-state index in [0.717, 1.165) is 21.0 Å². The molecule has 0 aliphatic rings. The van der Waals surface area contributed by atoms with Gasteiger partial charge >= 0.3 is 0 Å². The maximum atomic E-state index is 9.07. The summed E-state index contributed by atoms with van der Waals surface area (Å²) < 4.78 is 0. The van der Waals surface area contributed by atoms with Crippen molar-refractivity contribution in [3.8, 4) is 38.6 Å². The van der Waals surface area contributed by atoms with E-state index in [2.05, 4.69) is 15.0 Å². The minimum Gasteiger partial charge on any atom is -0.329 e. The first kappa shape index (κ1) is 16.7. The van der Waals surface area contributed by atoms with Gasteiger partial charge in [-0.25, -0.2) is 9.97 Å². The molecule has 126 valence electrons. The van der Waals surface area contributed by atoms with Crippen LogP contribution in [-0.4, -0.2) is 19.9 Å². The summed E-state index contributed by atoms with van der Waals surface area (Å²) in [6.45, 7) is 0. The molecule has 1 aromatic carbocycles. The van der Waals surface area contributed by atoms with Crippen LogP contribution in [0.5, 0.6) is 0 Å². The van der Waals surface area contributed by atoms with Crippen LogP contribution in [0.15, 0.2) is 48.9 Å². The molecule has 26 heavy (non-hydrogen) atoms. The van der Waals surface area contributed by atoms with Crippen LogP contribution < -0.4 is 0 Å². The van der Waals surface area contributed by atoms with E-state index in [9.17, 15) is 0 Å². The van der Waals surface area contributed by atoms with Gasteiger partial charge in [0.15, 0.2) is 5.82 Å². The van der Waals surface area contributed by atoms with Crippen molar-refractivity contribution in [3.63, 3.8) is 0 Å². The number of thiazole rings is 1. The van der Waals surface area contributed by atoms with Crippen LogP contribution in [0.1, 0.15) is 5.69 Å². The van der Waals surface area contributed by atoms with Gasteiger partial charge in [-0.05, 0) is 30.3 Å². The minimum absolute atomic E-state index is 0.381. The molecule has 0 spiro atoms. The number of hydrogen-bond acceptors (Lipinski definition) is 5. The number of imidazole rings is 1. The van der Waals surface area contributed by atoms with Gasteiger partial charge in [-0.2, -0.15) is 5.26 Å². The number of rotatable bonds is 3. The molecule has 0 radical (unpaired) electrons. The Kier molecular flexibility index (Phi) is 4.43. The second-order valence-corrected chi connectivity index (χ2v) is 7.16. The first-order valence-corrected chi connectivity index (χ1v) is 9.05. The Labute approximate surface area is 162 Å². The Balaban J connectivity index is 1.93. The molecule has 8 heteroatoms. The van der Waals surface area contributed by atoms with Gasteiger partial charge in [-0.15, -0.1) is 11.3 Å². The van der Waals surface area contributed by atoms with Crippen molar-refractivity contribution in [2.75, 3.05) is 0 Å². The van der Waals surface area contributed by atoms with Crippen molar-refractivity contribution in [1.29, 1.82) is 5.26 Å². The van der Waals surface area contributed by atoms with E-state index < -0.39 is 0 Å². The number of benzene rings is 1. The highest BCUT2D eigenvalue weighted by Gasteiger charge is 2.20. The average Bonchev–Trinajstić information content (AvgIpc) is 3.29. The largest absolute Gasteiger partial charge is 0.329 e. The van der Waals surface area contributed by atoms with Crippen LogP contribution in [0.25, 0.3) is 32.5 Å². The molecule has 0 saturated heterocycles. The van der Waals surface area contributed by atoms with Crippen molar-refractivity contribution in [3.05, 3.63) is 64.7 Å². The molecule has 0 aliphatic carbocycles. The van der Waals surface area contributed by atoms with Gasteiger partial charge in [-0.1, -0.05) is 23.2 Å². The Morgan fingerprint density at radius 2 is 1.92 bits per heavy atom. The topological polar surface area (TPSA) is 78.2 Å². The van der Waals surface area contributed by atoms with Crippen molar-refractivity contribution < 1.29 is 0 Å². The second kappa shape index (κ2) is 6.89. The summed E-state index contributed by atoms with van der Waals surface area (Å²) in [7, 11) is 0. The predicted molar refractivity (Wildman–Crippen MR) is 103 cm³/mol. The van der Waals surface area contributed by atoms with E-state index in [1.54, 1.807) is 24.5 Å². The minimum atomic E-state index is 0.381. The van der Waals surface area contributed by atoms with Gasteiger partial charge in [0.25, 0.3) is 0 Å². The number of halogens is 2. The Hall–Kier alpha value is -2.72. The zero-order valence-corrected chi connectivity index (χ0v) is 15.4. The third kappa shape index (κ3) is 3.08. The maximum Gasteiger partial charge on any atom is 0.150 e. The van der Waals surface area contributed by atoms with E-state index >= 15 is 0 Å². The quantitative estimate of drug-likeness (QED) is 0.498.